The smallest absolute Gasteiger partial charge is 0.872 e. The van der Waals surface area contributed by atoms with Crippen molar-refractivity contribution >= 4 is 58.0 Å². The number of aryl methyl sites for hydroxylation is 2. The third kappa shape index (κ3) is 14.9. The average Bonchev–Trinajstić information content (AvgIpc) is 3.01. The minimum atomic E-state index is -4.53. The van der Waals surface area contributed by atoms with E-state index in [1.54, 1.807) is 36.4 Å². The Morgan fingerprint density at radius 2 is 1.08 bits per heavy atom. The van der Waals surface area contributed by atoms with Crippen LogP contribution in [0.2, 0.25) is 0 Å². The van der Waals surface area contributed by atoms with Gasteiger partial charge in [0.25, 0.3) is 10.1 Å². The van der Waals surface area contributed by atoms with Crippen molar-refractivity contribution in [3.8, 4) is 34.5 Å². The Hall–Kier alpha value is -2.84. The minimum absolute atomic E-state index is 0. The van der Waals surface area contributed by atoms with Crippen LogP contribution in [0, 0.1) is 0 Å². The molecule has 4 aromatic carbocycles. The average molecular weight is 739 g/mol. The molecule has 0 radical (unpaired) electrons. The van der Waals surface area contributed by atoms with Gasteiger partial charge in [0.05, 0.1) is 9.79 Å². The zero-order valence-corrected chi connectivity index (χ0v) is 31.7. The predicted octanol–water partition coefficient (Wildman–Crippen LogP) is 7.75. The topological polar surface area (TPSA) is 173 Å². The van der Waals surface area contributed by atoms with Gasteiger partial charge in [-0.3, -0.25) is 4.55 Å². The summed E-state index contributed by atoms with van der Waals surface area (Å²) in [6.45, 7) is 4.19. The van der Waals surface area contributed by atoms with Crippen LogP contribution in [0.15, 0.2) is 94.7 Å². The molecule has 0 saturated heterocycles. The molecule has 0 aliphatic carbocycles. The van der Waals surface area contributed by atoms with Gasteiger partial charge in [0.1, 0.15) is 38.9 Å². The van der Waals surface area contributed by atoms with Crippen LogP contribution in [0.25, 0.3) is 0 Å². The standard InChI is InChI=1S/2C18H22O5S.Ca/c2*1-2-3-4-5-7-14-12-17(10-11-18(14)24(20,21)22)23-16-9-6-8-15(19)13-16;/h2*6,8-13,19H,2-5,7H2,1H3,(H,20,21,22);/q;;+2/p-2. The molecule has 0 aliphatic heterocycles. The summed E-state index contributed by atoms with van der Waals surface area (Å²) in [4.78, 5) is -0.286. The molecule has 0 saturated carbocycles. The molecule has 0 spiro atoms. The SMILES string of the molecule is CCCCCCc1cc(Oc2cccc(O)c2)ccc1S(=O)(=O)O.CCCCCCc1cc(Oc2cccc([O-])c2)ccc1S(=O)(=O)[O-].[Ca+2]. The van der Waals surface area contributed by atoms with Crippen molar-refractivity contribution in [3.63, 3.8) is 0 Å². The molecule has 4 aromatic rings. The van der Waals surface area contributed by atoms with Gasteiger partial charge < -0.3 is 24.2 Å². The molecule has 260 valence electrons. The van der Waals surface area contributed by atoms with Crippen LogP contribution in [0.4, 0.5) is 0 Å². The van der Waals surface area contributed by atoms with E-state index in [4.69, 9.17) is 9.47 Å². The number of hydrogen-bond acceptors (Lipinski definition) is 9. The van der Waals surface area contributed by atoms with Crippen molar-refractivity contribution in [2.45, 2.75) is 87.8 Å². The van der Waals surface area contributed by atoms with Crippen molar-refractivity contribution in [2.75, 3.05) is 0 Å². The van der Waals surface area contributed by atoms with E-state index < -0.39 is 20.2 Å². The Balaban J connectivity index is 0.000000333. The number of benzene rings is 4. The van der Waals surface area contributed by atoms with Gasteiger partial charge in [0, 0.05) is 6.07 Å². The van der Waals surface area contributed by atoms with Gasteiger partial charge in [-0.1, -0.05) is 70.6 Å². The second-order valence-corrected chi connectivity index (χ2v) is 14.0. The first-order valence-corrected chi connectivity index (χ1v) is 18.8. The summed E-state index contributed by atoms with van der Waals surface area (Å²) in [6, 6.07) is 21.1. The van der Waals surface area contributed by atoms with E-state index in [0.717, 1.165) is 51.4 Å². The van der Waals surface area contributed by atoms with E-state index in [-0.39, 0.29) is 59.0 Å². The second-order valence-electron chi connectivity index (χ2n) is 11.3. The molecule has 0 heterocycles. The van der Waals surface area contributed by atoms with E-state index in [2.05, 4.69) is 13.8 Å². The zero-order chi connectivity index (χ0) is 35.2. The summed E-state index contributed by atoms with van der Waals surface area (Å²) < 4.78 is 78.0. The van der Waals surface area contributed by atoms with Gasteiger partial charge in [-0.25, -0.2) is 8.42 Å². The van der Waals surface area contributed by atoms with Crippen molar-refractivity contribution in [2.24, 2.45) is 0 Å². The van der Waals surface area contributed by atoms with Crippen LogP contribution in [-0.2, 0) is 33.1 Å². The molecule has 0 fully saturated rings. The minimum Gasteiger partial charge on any atom is -0.872 e. The summed E-state index contributed by atoms with van der Waals surface area (Å²) in [5, 5.41) is 20.8. The molecule has 0 bridgehead atoms. The Morgan fingerprint density at radius 1 is 0.612 bits per heavy atom. The fourth-order valence-corrected chi connectivity index (χ4v) is 6.42. The molecular weight excluding hydrogens is 697 g/mol. The molecule has 0 aromatic heterocycles. The van der Waals surface area contributed by atoms with Gasteiger partial charge >= 0.3 is 37.7 Å². The van der Waals surface area contributed by atoms with E-state index in [1.165, 1.54) is 48.5 Å². The van der Waals surface area contributed by atoms with Gasteiger partial charge in [-0.2, -0.15) is 8.42 Å². The molecule has 49 heavy (non-hydrogen) atoms. The van der Waals surface area contributed by atoms with Crippen molar-refractivity contribution in [1.82, 2.24) is 0 Å². The summed E-state index contributed by atoms with van der Waals surface area (Å²) >= 11 is 0. The molecule has 0 atom stereocenters. The first kappa shape index (κ1) is 42.3. The summed E-state index contributed by atoms with van der Waals surface area (Å²) in [7, 11) is -8.80. The number of phenolic OH excluding ortho intramolecular Hbond substituents is 1. The number of hydrogen-bond donors (Lipinski definition) is 2. The normalized spacial score (nSPS) is 11.2. The number of unbranched alkanes of at least 4 members (excludes halogenated alkanes) is 6. The predicted molar refractivity (Wildman–Crippen MR) is 186 cm³/mol. The fourth-order valence-electron chi connectivity index (χ4n) is 4.97. The maximum atomic E-state index is 11.5. The van der Waals surface area contributed by atoms with Crippen molar-refractivity contribution in [1.29, 1.82) is 0 Å². The van der Waals surface area contributed by atoms with Gasteiger partial charge in [0.2, 0.25) is 0 Å². The third-order valence-corrected chi connectivity index (χ3v) is 9.20. The molecule has 0 aliphatic rings. The van der Waals surface area contributed by atoms with Crippen LogP contribution in [0.5, 0.6) is 34.5 Å². The van der Waals surface area contributed by atoms with E-state index in [1.807, 2.05) is 0 Å². The van der Waals surface area contributed by atoms with Crippen LogP contribution >= 0.6 is 0 Å². The Morgan fingerprint density at radius 3 is 1.55 bits per heavy atom. The monoisotopic (exact) mass is 738 g/mol. The molecule has 10 nitrogen and oxygen atoms in total. The Kier molecular flexibility index (Phi) is 17.9. The maximum absolute atomic E-state index is 11.5. The molecule has 0 unspecified atom stereocenters. The summed E-state index contributed by atoms with van der Waals surface area (Å²) in [5.74, 6) is 1.59. The van der Waals surface area contributed by atoms with Crippen LogP contribution in [0.1, 0.15) is 76.3 Å². The molecule has 0 amide bonds. The molecule has 4 rings (SSSR count). The molecule has 13 heteroatoms. The molecule has 2 N–H and O–H groups in total. The number of rotatable bonds is 16. The third-order valence-electron chi connectivity index (χ3n) is 7.31. The Labute approximate surface area is 319 Å². The van der Waals surface area contributed by atoms with Gasteiger partial charge in [0.15, 0.2) is 0 Å². The van der Waals surface area contributed by atoms with Crippen LogP contribution in [0.3, 0.4) is 0 Å². The number of ether oxygens (including phenoxy) is 2. The number of phenols is 1. The Bertz CT molecular complexity index is 1710. The fraction of sp³-hybridized carbons (Fsp3) is 0.333. The van der Waals surface area contributed by atoms with Crippen molar-refractivity contribution in [3.05, 3.63) is 96.1 Å². The second kappa shape index (κ2) is 20.7. The first-order valence-electron chi connectivity index (χ1n) is 15.9. The summed E-state index contributed by atoms with van der Waals surface area (Å²) in [6.07, 6.45) is 8.96. The number of aromatic hydroxyl groups is 1. The first-order chi connectivity index (χ1) is 22.8. The quantitative estimate of drug-likeness (QED) is 0.0657. The van der Waals surface area contributed by atoms with Crippen molar-refractivity contribution < 1.29 is 45.6 Å². The summed E-state index contributed by atoms with van der Waals surface area (Å²) in [5.41, 5.74) is 0.989. The van der Waals surface area contributed by atoms with Gasteiger partial charge in [-0.15, -0.1) is 5.75 Å². The maximum Gasteiger partial charge on any atom is 2.00 e. The molecular formula is C36H42CaO10S2. The van der Waals surface area contributed by atoms with E-state index in [0.29, 0.717) is 47.0 Å². The zero-order valence-electron chi connectivity index (χ0n) is 27.8. The van der Waals surface area contributed by atoms with Crippen LogP contribution in [-0.4, -0.2) is 68.8 Å². The van der Waals surface area contributed by atoms with Crippen LogP contribution < -0.4 is 14.6 Å². The van der Waals surface area contributed by atoms with E-state index >= 15 is 0 Å². The largest absolute Gasteiger partial charge is 2.00 e. The van der Waals surface area contributed by atoms with Gasteiger partial charge in [-0.05, 0) is 97.5 Å². The van der Waals surface area contributed by atoms with E-state index in [9.17, 15) is 36.2 Å².